The minimum atomic E-state index is -0.0651. The predicted molar refractivity (Wildman–Crippen MR) is 140 cm³/mol. The molecule has 5 rings (SSSR count). The van der Waals surface area contributed by atoms with Gasteiger partial charge in [0, 0.05) is 54.1 Å². The smallest absolute Gasteiger partial charge is 0.309 e. The maximum absolute atomic E-state index is 12.5. The van der Waals surface area contributed by atoms with Crippen LogP contribution in [0.1, 0.15) is 67.8 Å². The quantitative estimate of drug-likeness (QED) is 0.511. The second-order valence-electron chi connectivity index (χ2n) is 11.6. The number of aromatic nitrogens is 1. The van der Waals surface area contributed by atoms with Gasteiger partial charge in [0.15, 0.2) is 0 Å². The summed E-state index contributed by atoms with van der Waals surface area (Å²) in [4.78, 5) is 25.2. The van der Waals surface area contributed by atoms with Crippen molar-refractivity contribution in [1.82, 2.24) is 9.88 Å². The van der Waals surface area contributed by atoms with Crippen molar-refractivity contribution in [3.63, 3.8) is 0 Å². The highest BCUT2D eigenvalue weighted by molar-refractivity contribution is 7.12. The van der Waals surface area contributed by atoms with Crippen molar-refractivity contribution in [2.75, 3.05) is 32.2 Å². The first kappa shape index (κ1) is 24.6. The molecule has 35 heavy (non-hydrogen) atoms. The Morgan fingerprint density at radius 1 is 1.20 bits per heavy atom. The molecule has 2 aromatic rings. The fourth-order valence-corrected chi connectivity index (χ4v) is 7.68. The summed E-state index contributed by atoms with van der Waals surface area (Å²) >= 11 is 1.99. The van der Waals surface area contributed by atoms with E-state index in [2.05, 4.69) is 42.7 Å². The number of anilines is 1. The maximum atomic E-state index is 12.5. The summed E-state index contributed by atoms with van der Waals surface area (Å²) in [5, 5.41) is 0. The van der Waals surface area contributed by atoms with Crippen molar-refractivity contribution in [3.8, 4) is 5.75 Å². The average molecular weight is 498 g/mol. The van der Waals surface area contributed by atoms with Crippen LogP contribution in [0.2, 0.25) is 0 Å². The highest BCUT2D eigenvalue weighted by Crippen LogP contribution is 2.47. The number of rotatable bonds is 5. The lowest BCUT2D eigenvalue weighted by atomic mass is 9.73. The minimum absolute atomic E-state index is 0.0404. The lowest BCUT2D eigenvalue weighted by molar-refractivity contribution is -0.149. The van der Waals surface area contributed by atoms with Crippen molar-refractivity contribution >= 4 is 23.1 Å². The number of ether oxygens (including phenoxy) is 2. The number of methoxy groups -OCH3 is 2. The number of fused-ring (bicyclic) bond motifs is 4. The van der Waals surface area contributed by atoms with Gasteiger partial charge < -0.3 is 14.4 Å². The second-order valence-corrected chi connectivity index (χ2v) is 12.8. The average Bonchev–Trinajstić information content (AvgIpc) is 3.24. The van der Waals surface area contributed by atoms with Crippen molar-refractivity contribution in [2.45, 2.75) is 71.5 Å². The second kappa shape index (κ2) is 9.74. The largest absolute Gasteiger partial charge is 0.497 e. The Hall–Kier alpha value is -2.12. The van der Waals surface area contributed by atoms with Crippen LogP contribution in [0, 0.1) is 17.3 Å². The molecule has 0 unspecified atom stereocenters. The summed E-state index contributed by atoms with van der Waals surface area (Å²) in [6.45, 7) is 9.61. The van der Waals surface area contributed by atoms with Gasteiger partial charge in [0.25, 0.3) is 0 Å². The van der Waals surface area contributed by atoms with E-state index in [1.165, 1.54) is 36.8 Å². The zero-order valence-electron chi connectivity index (χ0n) is 21.8. The molecule has 4 atom stereocenters. The van der Waals surface area contributed by atoms with Crippen LogP contribution in [0.15, 0.2) is 24.4 Å². The molecular formula is C28H39N3O3S. The molecule has 0 aliphatic carbocycles. The van der Waals surface area contributed by atoms with Gasteiger partial charge >= 0.3 is 5.97 Å². The van der Waals surface area contributed by atoms with E-state index in [0.29, 0.717) is 18.0 Å². The summed E-state index contributed by atoms with van der Waals surface area (Å²) < 4.78 is 10.6. The van der Waals surface area contributed by atoms with Crippen LogP contribution in [0.3, 0.4) is 0 Å². The number of hydrogen-bond acceptors (Lipinski definition) is 7. The predicted octanol–water partition coefficient (Wildman–Crippen LogP) is 5.47. The lowest BCUT2D eigenvalue weighted by Crippen LogP contribution is -2.46. The highest BCUT2D eigenvalue weighted by atomic mass is 32.1. The summed E-state index contributed by atoms with van der Waals surface area (Å²) in [5.41, 5.74) is 1.65. The molecule has 2 bridgehead atoms. The van der Waals surface area contributed by atoms with Gasteiger partial charge in [-0.3, -0.25) is 9.69 Å². The molecule has 2 saturated heterocycles. The van der Waals surface area contributed by atoms with Crippen LogP contribution in [-0.2, 0) is 22.5 Å². The van der Waals surface area contributed by atoms with E-state index >= 15 is 0 Å². The molecule has 0 saturated carbocycles. The Kier molecular flexibility index (Phi) is 6.83. The number of carbonyl (C=O) groups is 1. The first-order valence-electron chi connectivity index (χ1n) is 13.0. The first-order valence-corrected chi connectivity index (χ1v) is 13.8. The number of thiophene rings is 1. The molecular weight excluding hydrogens is 458 g/mol. The van der Waals surface area contributed by atoms with Gasteiger partial charge in [0.2, 0.25) is 0 Å². The van der Waals surface area contributed by atoms with Gasteiger partial charge in [-0.15, -0.1) is 11.3 Å². The van der Waals surface area contributed by atoms with Gasteiger partial charge in [0.05, 0.1) is 26.2 Å². The van der Waals surface area contributed by atoms with Crippen LogP contribution in [0.25, 0.3) is 0 Å². The van der Waals surface area contributed by atoms with Crippen molar-refractivity contribution in [3.05, 3.63) is 39.7 Å². The summed E-state index contributed by atoms with van der Waals surface area (Å²) in [5.74, 6) is 2.26. The van der Waals surface area contributed by atoms with Gasteiger partial charge in [-0.25, -0.2) is 4.98 Å². The fraction of sp³-hybridized carbons (Fsp3) is 0.643. The van der Waals surface area contributed by atoms with E-state index in [0.717, 1.165) is 44.0 Å². The summed E-state index contributed by atoms with van der Waals surface area (Å²) in [7, 11) is 3.23. The number of esters is 1. The Balaban J connectivity index is 1.38. The topological polar surface area (TPSA) is 54.9 Å². The fourth-order valence-electron chi connectivity index (χ4n) is 6.34. The van der Waals surface area contributed by atoms with E-state index in [4.69, 9.17) is 14.5 Å². The van der Waals surface area contributed by atoms with E-state index in [9.17, 15) is 4.79 Å². The highest BCUT2D eigenvalue weighted by Gasteiger charge is 2.41. The standard InChI is InChI=1S/C28H39N3O3S/c1-28(2,3)19-11-18(27(32)34-5)15-30(16-19)17-22-14-23-24-8-6-7-20(12-25(23)35-22)31(24)26-13-21(33-4)9-10-29-26/h9-10,13-14,18-20,24H,6-8,11-12,15-17H2,1-5H3/t18-,19-,20-,24+/m1/s1. The summed E-state index contributed by atoms with van der Waals surface area (Å²) in [6, 6.07) is 7.33. The zero-order chi connectivity index (χ0) is 24.7. The number of likely N-dealkylation sites (tertiary alicyclic amines) is 1. The van der Waals surface area contributed by atoms with E-state index in [1.54, 1.807) is 12.0 Å². The number of piperidine rings is 2. The first-order chi connectivity index (χ1) is 16.8. The van der Waals surface area contributed by atoms with E-state index in [-0.39, 0.29) is 17.3 Å². The normalized spacial score (nSPS) is 26.8. The third-order valence-electron chi connectivity index (χ3n) is 8.30. The molecule has 0 aromatic carbocycles. The molecule has 5 heterocycles. The monoisotopic (exact) mass is 497 g/mol. The Labute approximate surface area is 213 Å². The number of nitrogens with zero attached hydrogens (tertiary/aromatic N) is 3. The molecule has 3 aliphatic rings. The lowest BCUT2D eigenvalue weighted by Gasteiger charge is -2.46. The number of hydrogen-bond donors (Lipinski definition) is 0. The maximum Gasteiger partial charge on any atom is 0.309 e. The molecule has 2 fully saturated rings. The third kappa shape index (κ3) is 4.94. The Morgan fingerprint density at radius 2 is 2.03 bits per heavy atom. The molecule has 0 radical (unpaired) electrons. The summed E-state index contributed by atoms with van der Waals surface area (Å²) in [6.07, 6.45) is 7.50. The van der Waals surface area contributed by atoms with E-state index in [1.807, 2.05) is 23.6 Å². The molecule has 0 spiro atoms. The van der Waals surface area contributed by atoms with Crippen LogP contribution >= 0.6 is 11.3 Å². The van der Waals surface area contributed by atoms with Crippen LogP contribution in [-0.4, -0.2) is 49.2 Å². The SMILES string of the molecule is COC(=O)[C@@H]1C[C@@H](C(C)(C)C)CN(Cc2cc3c(s2)C[C@H]2CCC[C@@H]3N2c2cc(OC)ccn2)C1. The van der Waals surface area contributed by atoms with Crippen molar-refractivity contribution in [1.29, 1.82) is 0 Å². The van der Waals surface area contributed by atoms with Crippen LogP contribution in [0.5, 0.6) is 5.75 Å². The number of carbonyl (C=O) groups excluding carboxylic acids is 1. The van der Waals surface area contributed by atoms with Gasteiger partial charge in [-0.1, -0.05) is 20.8 Å². The molecule has 3 aliphatic heterocycles. The molecule has 6 nitrogen and oxygen atoms in total. The van der Waals surface area contributed by atoms with Crippen LogP contribution < -0.4 is 9.64 Å². The third-order valence-corrected chi connectivity index (χ3v) is 9.46. The van der Waals surface area contributed by atoms with Crippen molar-refractivity contribution in [2.24, 2.45) is 17.3 Å². The van der Waals surface area contributed by atoms with Crippen LogP contribution in [0.4, 0.5) is 5.82 Å². The van der Waals surface area contributed by atoms with Crippen molar-refractivity contribution < 1.29 is 14.3 Å². The zero-order valence-corrected chi connectivity index (χ0v) is 22.6. The molecule has 190 valence electrons. The van der Waals surface area contributed by atoms with E-state index < -0.39 is 0 Å². The number of pyridine rings is 1. The Bertz CT molecular complexity index is 1060. The molecule has 7 heteroatoms. The van der Waals surface area contributed by atoms with Gasteiger partial charge in [0.1, 0.15) is 11.6 Å². The molecule has 0 N–H and O–H groups in total. The Morgan fingerprint density at radius 3 is 2.77 bits per heavy atom. The molecule has 2 aromatic heterocycles. The molecule has 0 amide bonds. The van der Waals surface area contributed by atoms with Gasteiger partial charge in [-0.2, -0.15) is 0 Å². The minimum Gasteiger partial charge on any atom is -0.497 e. The van der Waals surface area contributed by atoms with Gasteiger partial charge in [-0.05, 0) is 54.7 Å².